The van der Waals surface area contributed by atoms with Crippen molar-refractivity contribution >= 4 is 5.78 Å². The molecule has 0 heterocycles. The molecule has 72 valence electrons. The second-order valence-electron chi connectivity index (χ2n) is 3.36. The van der Waals surface area contributed by atoms with Crippen molar-refractivity contribution in [3.8, 4) is 0 Å². The first kappa shape index (κ1) is 11.6. The molecule has 0 amide bonds. The van der Waals surface area contributed by atoms with E-state index in [-0.39, 0.29) is 11.8 Å². The van der Waals surface area contributed by atoms with Crippen LogP contribution in [0.4, 0.5) is 0 Å². The molecule has 0 aromatic carbocycles. The lowest BCUT2D eigenvalue weighted by Crippen LogP contribution is -2.47. The highest BCUT2D eigenvalue weighted by Gasteiger charge is 2.21. The molecule has 2 N–H and O–H groups in total. The summed E-state index contributed by atoms with van der Waals surface area (Å²) < 4.78 is 0. The normalized spacial score (nSPS) is 16.2. The van der Waals surface area contributed by atoms with Crippen LogP contribution in [0.1, 0.15) is 34.1 Å². The fourth-order valence-electron chi connectivity index (χ4n) is 1.08. The van der Waals surface area contributed by atoms with Gasteiger partial charge in [-0.15, -0.1) is 0 Å². The Morgan fingerprint density at radius 3 is 2.17 bits per heavy atom. The van der Waals surface area contributed by atoms with Crippen molar-refractivity contribution in [1.82, 2.24) is 5.32 Å². The molecule has 0 aromatic heterocycles. The number of nitrogens with one attached hydrogen (secondary N) is 1. The SMILES string of the molecule is CCC(=O)[C@H](NC(C)C)[C@H](C)O. The number of aliphatic hydroxyl groups excluding tert-OH is 1. The molecule has 2 atom stereocenters. The molecule has 0 aliphatic heterocycles. The van der Waals surface area contributed by atoms with E-state index in [1.807, 2.05) is 13.8 Å². The number of hydrogen-bond donors (Lipinski definition) is 2. The monoisotopic (exact) mass is 173 g/mol. The summed E-state index contributed by atoms with van der Waals surface area (Å²) in [4.78, 5) is 11.3. The summed E-state index contributed by atoms with van der Waals surface area (Å²) in [7, 11) is 0. The fourth-order valence-corrected chi connectivity index (χ4v) is 1.08. The second kappa shape index (κ2) is 5.27. The van der Waals surface area contributed by atoms with Gasteiger partial charge >= 0.3 is 0 Å². The number of aliphatic hydroxyl groups is 1. The minimum absolute atomic E-state index is 0.0682. The maximum Gasteiger partial charge on any atom is 0.152 e. The summed E-state index contributed by atoms with van der Waals surface area (Å²) in [5, 5.41) is 12.3. The molecule has 0 rings (SSSR count). The Morgan fingerprint density at radius 2 is 1.92 bits per heavy atom. The summed E-state index contributed by atoms with van der Waals surface area (Å²) in [5.41, 5.74) is 0. The number of rotatable bonds is 5. The van der Waals surface area contributed by atoms with Crippen molar-refractivity contribution in [3.05, 3.63) is 0 Å². The third-order valence-corrected chi connectivity index (χ3v) is 1.69. The standard InChI is InChI=1S/C9H19NO2/c1-5-8(12)9(7(4)11)10-6(2)3/h6-7,9-11H,5H2,1-4H3/t7-,9+/m0/s1. The van der Waals surface area contributed by atoms with Crippen LogP contribution in [0.2, 0.25) is 0 Å². The van der Waals surface area contributed by atoms with Crippen LogP contribution in [0.15, 0.2) is 0 Å². The lowest BCUT2D eigenvalue weighted by Gasteiger charge is -2.21. The summed E-state index contributed by atoms with van der Waals surface area (Å²) in [6.07, 6.45) is -0.144. The Labute approximate surface area is 74.2 Å². The Morgan fingerprint density at radius 1 is 1.42 bits per heavy atom. The van der Waals surface area contributed by atoms with Crippen LogP contribution in [-0.2, 0) is 4.79 Å². The molecule has 0 aliphatic carbocycles. The van der Waals surface area contributed by atoms with Gasteiger partial charge in [-0.3, -0.25) is 4.79 Å². The van der Waals surface area contributed by atoms with E-state index >= 15 is 0 Å². The Balaban J connectivity index is 4.13. The minimum Gasteiger partial charge on any atom is -0.391 e. The molecular formula is C9H19NO2. The summed E-state index contributed by atoms with van der Waals surface area (Å²) in [6.45, 7) is 7.35. The fraction of sp³-hybridized carbons (Fsp3) is 0.889. The first-order chi connectivity index (χ1) is 5.49. The topological polar surface area (TPSA) is 49.3 Å². The Bertz CT molecular complexity index is 143. The van der Waals surface area contributed by atoms with E-state index in [4.69, 9.17) is 0 Å². The summed E-state index contributed by atoms with van der Waals surface area (Å²) in [5.74, 6) is 0.0682. The second-order valence-corrected chi connectivity index (χ2v) is 3.36. The molecule has 3 nitrogen and oxygen atoms in total. The van der Waals surface area contributed by atoms with E-state index in [0.29, 0.717) is 6.42 Å². The molecule has 3 heteroatoms. The van der Waals surface area contributed by atoms with E-state index < -0.39 is 12.1 Å². The highest BCUT2D eigenvalue weighted by molar-refractivity contribution is 5.84. The number of ketones is 1. The van der Waals surface area contributed by atoms with Crippen LogP contribution in [0.3, 0.4) is 0 Å². The molecule has 0 fully saturated rings. The van der Waals surface area contributed by atoms with Gasteiger partial charge in [0.2, 0.25) is 0 Å². The zero-order chi connectivity index (χ0) is 9.72. The average molecular weight is 173 g/mol. The average Bonchev–Trinajstić information content (AvgIpc) is 1.98. The van der Waals surface area contributed by atoms with E-state index in [1.165, 1.54) is 0 Å². The summed E-state index contributed by atoms with van der Waals surface area (Å²) in [6, 6.07) is -0.185. The molecule has 0 spiro atoms. The molecular weight excluding hydrogens is 154 g/mol. The van der Waals surface area contributed by atoms with Gasteiger partial charge in [-0.2, -0.15) is 0 Å². The third kappa shape index (κ3) is 3.83. The lowest BCUT2D eigenvalue weighted by atomic mass is 10.0. The largest absolute Gasteiger partial charge is 0.391 e. The van der Waals surface area contributed by atoms with Crippen molar-refractivity contribution < 1.29 is 9.90 Å². The van der Waals surface area contributed by atoms with Crippen LogP contribution in [0, 0.1) is 0 Å². The molecule has 0 radical (unpaired) electrons. The van der Waals surface area contributed by atoms with Gasteiger partial charge in [0, 0.05) is 12.5 Å². The van der Waals surface area contributed by atoms with E-state index in [2.05, 4.69) is 5.32 Å². The number of carbonyl (C=O) groups excluding carboxylic acids is 1. The van der Waals surface area contributed by atoms with Crippen LogP contribution < -0.4 is 5.32 Å². The van der Waals surface area contributed by atoms with Gasteiger partial charge in [0.25, 0.3) is 0 Å². The predicted octanol–water partition coefficient (Wildman–Crippen LogP) is 0.713. The number of Topliss-reactive ketones (excluding diaryl/α,β-unsaturated/α-hetero) is 1. The number of hydrogen-bond acceptors (Lipinski definition) is 3. The van der Waals surface area contributed by atoms with Gasteiger partial charge < -0.3 is 10.4 Å². The first-order valence-corrected chi connectivity index (χ1v) is 4.45. The number of carbonyl (C=O) groups is 1. The van der Waals surface area contributed by atoms with E-state index in [1.54, 1.807) is 13.8 Å². The zero-order valence-corrected chi connectivity index (χ0v) is 8.29. The van der Waals surface area contributed by atoms with Crippen molar-refractivity contribution in [2.75, 3.05) is 0 Å². The van der Waals surface area contributed by atoms with Crippen molar-refractivity contribution in [2.45, 2.75) is 52.3 Å². The maximum absolute atomic E-state index is 11.3. The lowest BCUT2D eigenvalue weighted by molar-refractivity contribution is -0.123. The highest BCUT2D eigenvalue weighted by Crippen LogP contribution is 1.99. The van der Waals surface area contributed by atoms with Crippen LogP contribution in [-0.4, -0.2) is 29.1 Å². The van der Waals surface area contributed by atoms with Crippen molar-refractivity contribution in [2.24, 2.45) is 0 Å². The van der Waals surface area contributed by atoms with Crippen LogP contribution in [0.25, 0.3) is 0 Å². The van der Waals surface area contributed by atoms with Crippen LogP contribution >= 0.6 is 0 Å². The molecule has 0 unspecified atom stereocenters. The molecule has 0 saturated heterocycles. The molecule has 0 aromatic rings. The van der Waals surface area contributed by atoms with Gasteiger partial charge in [0.05, 0.1) is 12.1 Å². The maximum atomic E-state index is 11.3. The third-order valence-electron chi connectivity index (χ3n) is 1.69. The summed E-state index contributed by atoms with van der Waals surface area (Å²) >= 11 is 0. The van der Waals surface area contributed by atoms with E-state index in [0.717, 1.165) is 0 Å². The van der Waals surface area contributed by atoms with Crippen molar-refractivity contribution in [1.29, 1.82) is 0 Å². The molecule has 12 heavy (non-hydrogen) atoms. The Hall–Kier alpha value is -0.410. The molecule has 0 bridgehead atoms. The van der Waals surface area contributed by atoms with Gasteiger partial charge in [0.15, 0.2) is 5.78 Å². The van der Waals surface area contributed by atoms with Gasteiger partial charge in [0.1, 0.15) is 0 Å². The quantitative estimate of drug-likeness (QED) is 0.644. The Kier molecular flexibility index (Phi) is 5.09. The van der Waals surface area contributed by atoms with Gasteiger partial charge in [-0.25, -0.2) is 0 Å². The predicted molar refractivity (Wildman–Crippen MR) is 49.0 cm³/mol. The minimum atomic E-state index is -0.611. The highest BCUT2D eigenvalue weighted by atomic mass is 16.3. The van der Waals surface area contributed by atoms with Gasteiger partial charge in [-0.05, 0) is 6.92 Å². The molecule has 0 saturated carbocycles. The van der Waals surface area contributed by atoms with Gasteiger partial charge in [-0.1, -0.05) is 20.8 Å². The zero-order valence-electron chi connectivity index (χ0n) is 8.29. The first-order valence-electron chi connectivity index (χ1n) is 4.45. The molecule has 0 aliphatic rings. The van der Waals surface area contributed by atoms with Crippen molar-refractivity contribution in [3.63, 3.8) is 0 Å². The smallest absolute Gasteiger partial charge is 0.152 e. The van der Waals surface area contributed by atoms with Crippen LogP contribution in [0.5, 0.6) is 0 Å². The van der Waals surface area contributed by atoms with E-state index in [9.17, 15) is 9.90 Å².